The molecule has 0 aliphatic rings. The average molecular weight is 244 g/mol. The molecule has 0 radical (unpaired) electrons. The molecule has 1 N–H and O–H groups in total. The van der Waals surface area contributed by atoms with Gasteiger partial charge in [0, 0.05) is 14.2 Å². The molecule has 16 heavy (non-hydrogen) atoms. The lowest BCUT2D eigenvalue weighted by Crippen LogP contribution is -2.17. The molecule has 1 rings (SSSR count). The summed E-state index contributed by atoms with van der Waals surface area (Å²) in [5.41, 5.74) is 0.0919. The molecule has 0 aliphatic heterocycles. The number of aliphatic hydroxyl groups is 1. The van der Waals surface area contributed by atoms with Gasteiger partial charge in [0.2, 0.25) is 0 Å². The minimum atomic E-state index is -3.24. The molecule has 0 fully saturated rings. The highest BCUT2D eigenvalue weighted by atomic mass is 31.2. The smallest absolute Gasteiger partial charge is 0.335 e. The first kappa shape index (κ1) is 13.4. The second-order valence-electron chi connectivity index (χ2n) is 3.50. The maximum Gasteiger partial charge on any atom is 0.335 e. The maximum absolute atomic E-state index is 12.1. The van der Waals surface area contributed by atoms with Crippen LogP contribution in [0.15, 0.2) is 30.3 Å². The van der Waals surface area contributed by atoms with Gasteiger partial charge in [0.1, 0.15) is 0 Å². The van der Waals surface area contributed by atoms with Crippen LogP contribution >= 0.6 is 7.60 Å². The largest absolute Gasteiger partial charge is 0.387 e. The fourth-order valence-electron chi connectivity index (χ4n) is 1.51. The first-order valence-electron chi connectivity index (χ1n) is 4.99. The predicted molar refractivity (Wildman–Crippen MR) is 62.5 cm³/mol. The van der Waals surface area contributed by atoms with Crippen LogP contribution < -0.4 is 0 Å². The van der Waals surface area contributed by atoms with E-state index in [4.69, 9.17) is 9.05 Å². The molecule has 5 heteroatoms. The third kappa shape index (κ3) is 2.71. The third-order valence-electron chi connectivity index (χ3n) is 2.61. The molecule has 1 aromatic carbocycles. The van der Waals surface area contributed by atoms with Crippen LogP contribution in [0.1, 0.15) is 18.6 Å². The molecule has 0 bridgehead atoms. The van der Waals surface area contributed by atoms with Gasteiger partial charge in [0.25, 0.3) is 0 Å². The molecule has 4 nitrogen and oxygen atoms in total. The SMILES string of the molecule is COP(=O)(OC)[C@H](C)[C@@H](O)c1ccccc1. The van der Waals surface area contributed by atoms with E-state index in [2.05, 4.69) is 0 Å². The third-order valence-corrected chi connectivity index (χ3v) is 4.90. The number of benzene rings is 1. The Bertz CT molecular complexity index is 358. The van der Waals surface area contributed by atoms with Gasteiger partial charge in [-0.1, -0.05) is 30.3 Å². The average Bonchev–Trinajstić information content (AvgIpc) is 2.37. The highest BCUT2D eigenvalue weighted by Crippen LogP contribution is 2.55. The first-order chi connectivity index (χ1) is 7.55. The summed E-state index contributed by atoms with van der Waals surface area (Å²) in [5, 5.41) is 10.1. The molecule has 0 heterocycles. The van der Waals surface area contributed by atoms with E-state index in [1.807, 2.05) is 18.2 Å². The zero-order valence-corrected chi connectivity index (χ0v) is 10.6. The zero-order chi connectivity index (χ0) is 12.2. The number of aliphatic hydroxyl groups excluding tert-OH is 1. The second-order valence-corrected chi connectivity index (χ2v) is 6.13. The molecular weight excluding hydrogens is 227 g/mol. The number of rotatable bonds is 5. The summed E-state index contributed by atoms with van der Waals surface area (Å²) in [7, 11) is -0.608. The fourth-order valence-corrected chi connectivity index (χ4v) is 2.84. The van der Waals surface area contributed by atoms with E-state index in [1.54, 1.807) is 19.1 Å². The van der Waals surface area contributed by atoms with Gasteiger partial charge in [-0.2, -0.15) is 0 Å². The van der Waals surface area contributed by atoms with Crippen LogP contribution in [0.2, 0.25) is 0 Å². The van der Waals surface area contributed by atoms with Crippen LogP contribution in [0.4, 0.5) is 0 Å². The lowest BCUT2D eigenvalue weighted by molar-refractivity contribution is 0.155. The van der Waals surface area contributed by atoms with Crippen molar-refractivity contribution in [2.75, 3.05) is 14.2 Å². The summed E-state index contributed by atoms with van der Waals surface area (Å²) in [6.45, 7) is 1.64. The number of hydrogen-bond acceptors (Lipinski definition) is 4. The predicted octanol–water partition coefficient (Wildman–Crippen LogP) is 2.59. The van der Waals surface area contributed by atoms with E-state index in [-0.39, 0.29) is 0 Å². The van der Waals surface area contributed by atoms with Gasteiger partial charge in [0.15, 0.2) is 0 Å². The molecule has 2 atom stereocenters. The van der Waals surface area contributed by atoms with Gasteiger partial charge in [-0.15, -0.1) is 0 Å². The van der Waals surface area contributed by atoms with Crippen LogP contribution in [0.3, 0.4) is 0 Å². The van der Waals surface area contributed by atoms with Gasteiger partial charge in [0.05, 0.1) is 11.8 Å². The Kier molecular flexibility index (Phi) is 4.69. The highest BCUT2D eigenvalue weighted by molar-refractivity contribution is 7.54. The van der Waals surface area contributed by atoms with Crippen LogP contribution in [0, 0.1) is 0 Å². The van der Waals surface area contributed by atoms with Gasteiger partial charge in [-0.25, -0.2) is 0 Å². The summed E-state index contributed by atoms with van der Waals surface area (Å²) in [4.78, 5) is 0. The van der Waals surface area contributed by atoms with Crippen molar-refractivity contribution in [3.8, 4) is 0 Å². The zero-order valence-electron chi connectivity index (χ0n) is 9.66. The molecule has 0 saturated heterocycles. The van der Waals surface area contributed by atoms with Gasteiger partial charge in [-0.05, 0) is 12.5 Å². The van der Waals surface area contributed by atoms with Crippen molar-refractivity contribution < 1.29 is 18.7 Å². The molecule has 0 aliphatic carbocycles. The molecule has 0 amide bonds. The van der Waals surface area contributed by atoms with E-state index >= 15 is 0 Å². The Morgan fingerprint density at radius 1 is 1.19 bits per heavy atom. The van der Waals surface area contributed by atoms with Crippen molar-refractivity contribution in [2.45, 2.75) is 18.7 Å². The summed E-state index contributed by atoms with van der Waals surface area (Å²) in [6.07, 6.45) is -0.869. The van der Waals surface area contributed by atoms with Crippen LogP contribution in [0.5, 0.6) is 0 Å². The topological polar surface area (TPSA) is 55.8 Å². The van der Waals surface area contributed by atoms with Crippen molar-refractivity contribution in [2.24, 2.45) is 0 Å². The minimum Gasteiger partial charge on any atom is -0.387 e. The summed E-state index contributed by atoms with van der Waals surface area (Å²) >= 11 is 0. The minimum absolute atomic E-state index is 0.607. The molecule has 1 aromatic rings. The van der Waals surface area contributed by atoms with Gasteiger partial charge >= 0.3 is 7.60 Å². The van der Waals surface area contributed by atoms with Gasteiger partial charge < -0.3 is 14.2 Å². The Morgan fingerprint density at radius 2 is 1.69 bits per heavy atom. The van der Waals surface area contributed by atoms with Crippen molar-refractivity contribution in [1.82, 2.24) is 0 Å². The van der Waals surface area contributed by atoms with E-state index < -0.39 is 19.4 Å². The van der Waals surface area contributed by atoms with Crippen LogP contribution in [-0.4, -0.2) is 25.0 Å². The highest BCUT2D eigenvalue weighted by Gasteiger charge is 2.36. The van der Waals surface area contributed by atoms with E-state index in [1.165, 1.54) is 14.2 Å². The summed E-state index contributed by atoms with van der Waals surface area (Å²) in [5.74, 6) is 0. The molecule has 0 spiro atoms. The quantitative estimate of drug-likeness (QED) is 0.809. The lowest BCUT2D eigenvalue weighted by Gasteiger charge is -2.25. The van der Waals surface area contributed by atoms with E-state index in [9.17, 15) is 9.67 Å². The summed E-state index contributed by atoms with van der Waals surface area (Å²) in [6, 6.07) is 9.03. The van der Waals surface area contributed by atoms with Crippen molar-refractivity contribution in [1.29, 1.82) is 0 Å². The number of hydrogen-bond donors (Lipinski definition) is 1. The maximum atomic E-state index is 12.1. The molecule has 0 saturated carbocycles. The Morgan fingerprint density at radius 3 is 2.12 bits per heavy atom. The second kappa shape index (κ2) is 5.60. The Balaban J connectivity index is 2.90. The molecular formula is C11H17O4P. The molecule has 90 valence electrons. The Labute approximate surface area is 95.7 Å². The van der Waals surface area contributed by atoms with Crippen molar-refractivity contribution in [3.05, 3.63) is 35.9 Å². The van der Waals surface area contributed by atoms with Crippen molar-refractivity contribution >= 4 is 7.60 Å². The summed E-state index contributed by atoms with van der Waals surface area (Å²) < 4.78 is 21.8. The normalized spacial score (nSPS) is 15.8. The van der Waals surface area contributed by atoms with Crippen molar-refractivity contribution in [3.63, 3.8) is 0 Å². The van der Waals surface area contributed by atoms with Crippen LogP contribution in [-0.2, 0) is 13.6 Å². The fraction of sp³-hybridized carbons (Fsp3) is 0.455. The Hall–Kier alpha value is -0.670. The monoisotopic (exact) mass is 244 g/mol. The lowest BCUT2D eigenvalue weighted by atomic mass is 10.1. The standard InChI is InChI=1S/C11H17O4P/c1-9(16(13,14-2)15-3)11(12)10-7-5-4-6-8-10/h4-9,11-12H,1-3H3/t9-,11-/m1/s1. The van der Waals surface area contributed by atoms with E-state index in [0.29, 0.717) is 5.56 Å². The van der Waals surface area contributed by atoms with Crippen LogP contribution in [0.25, 0.3) is 0 Å². The van der Waals surface area contributed by atoms with Gasteiger partial charge in [-0.3, -0.25) is 4.57 Å². The van der Waals surface area contributed by atoms with E-state index in [0.717, 1.165) is 0 Å². The molecule has 0 unspecified atom stereocenters. The first-order valence-corrected chi connectivity index (χ1v) is 6.60. The molecule has 0 aromatic heterocycles.